The van der Waals surface area contributed by atoms with Gasteiger partial charge in [0.15, 0.2) is 0 Å². The predicted molar refractivity (Wildman–Crippen MR) is 64.9 cm³/mol. The van der Waals surface area contributed by atoms with E-state index in [1.165, 1.54) is 6.33 Å². The van der Waals surface area contributed by atoms with E-state index in [4.69, 9.17) is 0 Å². The molecule has 1 saturated heterocycles. The van der Waals surface area contributed by atoms with E-state index in [9.17, 15) is 4.79 Å². The molecule has 2 aromatic rings. The molecule has 6 heteroatoms. The summed E-state index contributed by atoms with van der Waals surface area (Å²) in [5, 5.41) is 4.19. The van der Waals surface area contributed by atoms with E-state index in [0.29, 0.717) is 5.69 Å². The maximum absolute atomic E-state index is 12.3. The summed E-state index contributed by atoms with van der Waals surface area (Å²) in [5.41, 5.74) is 0.558. The van der Waals surface area contributed by atoms with Gasteiger partial charge in [-0.3, -0.25) is 9.48 Å². The fourth-order valence-electron chi connectivity index (χ4n) is 2.44. The molecule has 0 saturated carbocycles. The van der Waals surface area contributed by atoms with Crippen LogP contribution in [0.1, 0.15) is 23.3 Å². The summed E-state index contributed by atoms with van der Waals surface area (Å²) in [6.45, 7) is 1.57. The standard InChI is InChI=1S/C12H15N5O/c18-12(11-7-13-9-14-11)17-6-1-3-10(17)8-16-5-2-4-15-16/h2,4-5,7,9-10H,1,3,6,8H2,(H,13,14). The van der Waals surface area contributed by atoms with Crippen molar-refractivity contribution in [1.82, 2.24) is 24.6 Å². The molecule has 1 unspecified atom stereocenters. The minimum Gasteiger partial charge on any atom is -0.341 e. The quantitative estimate of drug-likeness (QED) is 0.874. The molecule has 3 heterocycles. The number of nitrogens with one attached hydrogen (secondary N) is 1. The lowest BCUT2D eigenvalue weighted by Crippen LogP contribution is -2.38. The third kappa shape index (κ3) is 2.01. The molecule has 1 aliphatic rings. The van der Waals surface area contributed by atoms with Crippen LogP contribution in [-0.4, -0.2) is 43.1 Å². The topological polar surface area (TPSA) is 66.8 Å². The van der Waals surface area contributed by atoms with Gasteiger partial charge in [0.1, 0.15) is 5.69 Å². The van der Waals surface area contributed by atoms with Crippen molar-refractivity contribution < 1.29 is 4.79 Å². The highest BCUT2D eigenvalue weighted by molar-refractivity contribution is 5.92. The molecular weight excluding hydrogens is 230 g/mol. The SMILES string of the molecule is O=C(c1cnc[nH]1)N1CCCC1Cn1cccn1. The Kier molecular flexibility index (Phi) is 2.84. The second kappa shape index (κ2) is 4.64. The molecule has 94 valence electrons. The van der Waals surface area contributed by atoms with Gasteiger partial charge in [-0.25, -0.2) is 4.98 Å². The lowest BCUT2D eigenvalue weighted by Gasteiger charge is -2.24. The summed E-state index contributed by atoms with van der Waals surface area (Å²) in [7, 11) is 0. The van der Waals surface area contributed by atoms with Crippen molar-refractivity contribution in [2.24, 2.45) is 0 Å². The Morgan fingerprint density at radius 3 is 3.22 bits per heavy atom. The average molecular weight is 245 g/mol. The Balaban J connectivity index is 1.73. The maximum Gasteiger partial charge on any atom is 0.272 e. The van der Waals surface area contributed by atoms with Gasteiger partial charge in [0, 0.05) is 18.9 Å². The van der Waals surface area contributed by atoms with Crippen molar-refractivity contribution in [3.05, 3.63) is 36.7 Å². The largest absolute Gasteiger partial charge is 0.341 e. The predicted octanol–water partition coefficient (Wildman–Crippen LogP) is 0.911. The maximum atomic E-state index is 12.3. The molecular formula is C12H15N5O. The van der Waals surface area contributed by atoms with E-state index in [1.54, 1.807) is 12.4 Å². The first kappa shape index (κ1) is 11.0. The van der Waals surface area contributed by atoms with E-state index in [1.807, 2.05) is 21.8 Å². The number of hydrogen-bond donors (Lipinski definition) is 1. The number of carbonyl (C=O) groups is 1. The second-order valence-corrected chi connectivity index (χ2v) is 4.49. The Morgan fingerprint density at radius 1 is 1.56 bits per heavy atom. The minimum atomic E-state index is 0.0298. The summed E-state index contributed by atoms with van der Waals surface area (Å²) in [5.74, 6) is 0.0298. The second-order valence-electron chi connectivity index (χ2n) is 4.49. The first-order chi connectivity index (χ1) is 8.84. The van der Waals surface area contributed by atoms with Gasteiger partial charge in [-0.1, -0.05) is 0 Å². The summed E-state index contributed by atoms with van der Waals surface area (Å²) in [6, 6.07) is 2.12. The highest BCUT2D eigenvalue weighted by atomic mass is 16.2. The highest BCUT2D eigenvalue weighted by Crippen LogP contribution is 2.20. The Labute approximate surface area is 105 Å². The third-order valence-electron chi connectivity index (χ3n) is 3.32. The Hall–Kier alpha value is -2.11. The van der Waals surface area contributed by atoms with Crippen LogP contribution in [0.3, 0.4) is 0 Å². The number of aromatic amines is 1. The number of rotatable bonds is 3. The van der Waals surface area contributed by atoms with Crippen LogP contribution in [0.2, 0.25) is 0 Å². The van der Waals surface area contributed by atoms with Crippen molar-refractivity contribution in [3.8, 4) is 0 Å². The van der Waals surface area contributed by atoms with Gasteiger partial charge >= 0.3 is 0 Å². The number of imidazole rings is 1. The Bertz CT molecular complexity index is 505. The van der Waals surface area contributed by atoms with E-state index in [0.717, 1.165) is 25.9 Å². The van der Waals surface area contributed by atoms with Gasteiger partial charge in [-0.05, 0) is 18.9 Å². The number of nitrogens with zero attached hydrogens (tertiary/aromatic N) is 4. The van der Waals surface area contributed by atoms with E-state index in [2.05, 4.69) is 15.1 Å². The van der Waals surface area contributed by atoms with E-state index in [-0.39, 0.29) is 11.9 Å². The number of H-pyrrole nitrogens is 1. The van der Waals surface area contributed by atoms with E-state index >= 15 is 0 Å². The number of carbonyl (C=O) groups excluding carboxylic acids is 1. The van der Waals surface area contributed by atoms with E-state index < -0.39 is 0 Å². The zero-order valence-electron chi connectivity index (χ0n) is 9.99. The minimum absolute atomic E-state index is 0.0298. The zero-order valence-corrected chi connectivity index (χ0v) is 9.99. The van der Waals surface area contributed by atoms with Gasteiger partial charge in [0.25, 0.3) is 5.91 Å². The zero-order chi connectivity index (χ0) is 12.4. The molecule has 0 spiro atoms. The van der Waals surface area contributed by atoms with Crippen LogP contribution in [0.4, 0.5) is 0 Å². The molecule has 1 aliphatic heterocycles. The molecule has 6 nitrogen and oxygen atoms in total. The molecule has 1 fully saturated rings. The van der Waals surface area contributed by atoms with Crippen molar-refractivity contribution in [1.29, 1.82) is 0 Å². The van der Waals surface area contributed by atoms with Crippen LogP contribution in [0.15, 0.2) is 31.0 Å². The van der Waals surface area contributed by atoms with Crippen LogP contribution in [0.5, 0.6) is 0 Å². The number of likely N-dealkylation sites (tertiary alicyclic amines) is 1. The molecule has 18 heavy (non-hydrogen) atoms. The molecule has 0 aliphatic carbocycles. The molecule has 2 aromatic heterocycles. The van der Waals surface area contributed by atoms with Crippen LogP contribution in [0.25, 0.3) is 0 Å². The van der Waals surface area contributed by atoms with Gasteiger partial charge in [0.05, 0.1) is 25.1 Å². The summed E-state index contributed by atoms with van der Waals surface area (Å²) >= 11 is 0. The van der Waals surface area contributed by atoms with Gasteiger partial charge in [0.2, 0.25) is 0 Å². The van der Waals surface area contributed by atoms with Crippen LogP contribution in [0, 0.1) is 0 Å². The smallest absolute Gasteiger partial charge is 0.272 e. The van der Waals surface area contributed by atoms with Gasteiger partial charge in [-0.2, -0.15) is 5.10 Å². The fraction of sp³-hybridized carbons (Fsp3) is 0.417. The molecule has 1 atom stereocenters. The summed E-state index contributed by atoms with van der Waals surface area (Å²) in [6.07, 6.45) is 8.87. The van der Waals surface area contributed by atoms with Crippen molar-refractivity contribution in [2.75, 3.05) is 6.54 Å². The first-order valence-electron chi connectivity index (χ1n) is 6.11. The Morgan fingerprint density at radius 2 is 2.50 bits per heavy atom. The monoisotopic (exact) mass is 245 g/mol. The number of amides is 1. The first-order valence-corrected chi connectivity index (χ1v) is 6.11. The highest BCUT2D eigenvalue weighted by Gasteiger charge is 2.30. The molecule has 1 N–H and O–H groups in total. The molecule has 0 radical (unpaired) electrons. The summed E-state index contributed by atoms with van der Waals surface area (Å²) < 4.78 is 1.88. The van der Waals surface area contributed by atoms with Crippen molar-refractivity contribution >= 4 is 5.91 Å². The number of hydrogen-bond acceptors (Lipinski definition) is 3. The van der Waals surface area contributed by atoms with Crippen LogP contribution in [-0.2, 0) is 6.54 Å². The average Bonchev–Trinajstić information content (AvgIpc) is 3.12. The summed E-state index contributed by atoms with van der Waals surface area (Å²) in [4.78, 5) is 20.9. The fourth-order valence-corrected chi connectivity index (χ4v) is 2.44. The van der Waals surface area contributed by atoms with Crippen molar-refractivity contribution in [2.45, 2.75) is 25.4 Å². The normalized spacial score (nSPS) is 19.3. The molecule has 0 aromatic carbocycles. The molecule has 0 bridgehead atoms. The van der Waals surface area contributed by atoms with Crippen LogP contribution >= 0.6 is 0 Å². The van der Waals surface area contributed by atoms with Crippen molar-refractivity contribution in [3.63, 3.8) is 0 Å². The van der Waals surface area contributed by atoms with Gasteiger partial charge < -0.3 is 9.88 Å². The van der Waals surface area contributed by atoms with Crippen LogP contribution < -0.4 is 0 Å². The molecule has 3 rings (SSSR count). The third-order valence-corrected chi connectivity index (χ3v) is 3.32. The molecule has 1 amide bonds. The lowest BCUT2D eigenvalue weighted by molar-refractivity contribution is 0.0716. The lowest BCUT2D eigenvalue weighted by atomic mass is 10.2. The van der Waals surface area contributed by atoms with Gasteiger partial charge in [-0.15, -0.1) is 0 Å². The number of aromatic nitrogens is 4.